The summed E-state index contributed by atoms with van der Waals surface area (Å²) in [5.41, 5.74) is 1.26. The van der Waals surface area contributed by atoms with E-state index < -0.39 is 16.2 Å². The van der Waals surface area contributed by atoms with E-state index in [1.165, 1.54) is 6.08 Å². The van der Waals surface area contributed by atoms with Crippen LogP contribution in [0.1, 0.15) is 24.0 Å². The van der Waals surface area contributed by atoms with Crippen LogP contribution in [-0.2, 0) is 32.3 Å². The van der Waals surface area contributed by atoms with E-state index in [2.05, 4.69) is 11.9 Å². The molecular weight excluding hydrogens is 384 g/mol. The van der Waals surface area contributed by atoms with Crippen LogP contribution in [0.5, 0.6) is 0 Å². The van der Waals surface area contributed by atoms with E-state index in [4.69, 9.17) is 0 Å². The fourth-order valence-corrected chi connectivity index (χ4v) is 4.31. The molecule has 3 rings (SSSR count). The highest BCUT2D eigenvalue weighted by Gasteiger charge is 2.43. The highest BCUT2D eigenvalue weighted by Crippen LogP contribution is 2.36. The average molecular weight is 411 g/mol. The van der Waals surface area contributed by atoms with Gasteiger partial charge in [0.05, 0.1) is 5.41 Å². The molecule has 2 amide bonds. The fourth-order valence-electron chi connectivity index (χ4n) is 3.79. The molecule has 1 N–H and O–H groups in total. The van der Waals surface area contributed by atoms with Gasteiger partial charge in [-0.2, -0.15) is 0 Å². The molecule has 0 radical (unpaired) electrons. The first-order valence-corrected chi connectivity index (χ1v) is 11.2. The second-order valence-electron chi connectivity index (χ2n) is 7.26. The summed E-state index contributed by atoms with van der Waals surface area (Å²) in [6, 6.07) is 17.2. The Morgan fingerprint density at radius 2 is 1.72 bits per heavy atom. The van der Waals surface area contributed by atoms with Crippen molar-refractivity contribution in [3.05, 3.63) is 78.4 Å². The van der Waals surface area contributed by atoms with E-state index in [1.54, 1.807) is 11.2 Å². The maximum Gasteiger partial charge on any atom is 0.245 e. The summed E-state index contributed by atoms with van der Waals surface area (Å²) in [6.07, 6.45) is 4.10. The van der Waals surface area contributed by atoms with Gasteiger partial charge in [0.2, 0.25) is 11.8 Å². The molecule has 29 heavy (non-hydrogen) atoms. The van der Waals surface area contributed by atoms with Gasteiger partial charge < -0.3 is 10.2 Å². The number of amides is 2. The topological polar surface area (TPSA) is 66.5 Å². The molecule has 6 heteroatoms. The lowest BCUT2D eigenvalue weighted by Crippen LogP contribution is -2.52. The predicted molar refractivity (Wildman–Crippen MR) is 115 cm³/mol. The highest BCUT2D eigenvalue weighted by atomic mass is 32.2. The van der Waals surface area contributed by atoms with Gasteiger partial charge in [-0.05, 0) is 42.2 Å². The van der Waals surface area contributed by atoms with Crippen molar-refractivity contribution in [3.63, 3.8) is 0 Å². The smallest absolute Gasteiger partial charge is 0.245 e. The second kappa shape index (κ2) is 9.18. The normalized spacial score (nSPS) is 16.7. The number of benzene rings is 2. The lowest BCUT2D eigenvalue weighted by molar-refractivity contribution is -0.134. The number of nitrogens with zero attached hydrogens (tertiary/aromatic N) is 1. The van der Waals surface area contributed by atoms with E-state index >= 15 is 0 Å². The molecule has 1 fully saturated rings. The van der Waals surface area contributed by atoms with Gasteiger partial charge in [0.25, 0.3) is 0 Å². The number of carbonyl (C=O) groups is 2. The van der Waals surface area contributed by atoms with Crippen LogP contribution in [0.15, 0.2) is 72.1 Å². The van der Waals surface area contributed by atoms with Gasteiger partial charge in [0.15, 0.2) is 0 Å². The largest absolute Gasteiger partial charge is 0.351 e. The zero-order valence-electron chi connectivity index (χ0n) is 16.6. The Morgan fingerprint density at radius 1 is 1.10 bits per heavy atom. The molecule has 0 aromatic heterocycles. The standard InChI is InChI=1S/C23H26N2O3S/c1-3-21(26)25-15-13-23(14-16-25,19-7-5-4-6-8-19)22(27)24-17-18-9-11-20(12-10-18)29(2)28/h3-12H,1,13-17H2,2H3,(H,24,27). The van der Waals surface area contributed by atoms with E-state index in [0.29, 0.717) is 32.5 Å². The van der Waals surface area contributed by atoms with Crippen LogP contribution in [0.3, 0.4) is 0 Å². The summed E-state index contributed by atoms with van der Waals surface area (Å²) >= 11 is 0. The third kappa shape index (κ3) is 4.65. The summed E-state index contributed by atoms with van der Waals surface area (Å²) < 4.78 is 11.5. The minimum atomic E-state index is -1.02. The zero-order chi connectivity index (χ0) is 20.9. The zero-order valence-corrected chi connectivity index (χ0v) is 17.4. The SMILES string of the molecule is C=CC(=O)N1CCC(C(=O)NCc2ccc(S(C)=O)cc2)(c2ccccc2)CC1. The Hall–Kier alpha value is -2.73. The summed E-state index contributed by atoms with van der Waals surface area (Å²) in [4.78, 5) is 27.8. The van der Waals surface area contributed by atoms with Crippen molar-refractivity contribution in [2.75, 3.05) is 19.3 Å². The maximum atomic E-state index is 13.3. The van der Waals surface area contributed by atoms with Crippen LogP contribution >= 0.6 is 0 Å². The Kier molecular flexibility index (Phi) is 6.64. The number of carbonyl (C=O) groups excluding carboxylic acids is 2. The van der Waals surface area contributed by atoms with Crippen LogP contribution in [0.25, 0.3) is 0 Å². The number of hydrogen-bond acceptors (Lipinski definition) is 3. The van der Waals surface area contributed by atoms with Crippen molar-refractivity contribution in [2.45, 2.75) is 29.7 Å². The Balaban J connectivity index is 1.76. The van der Waals surface area contributed by atoms with Crippen LogP contribution < -0.4 is 5.32 Å². The molecule has 0 aliphatic carbocycles. The number of rotatable bonds is 6. The third-order valence-corrected chi connectivity index (χ3v) is 6.51. The fraction of sp³-hybridized carbons (Fsp3) is 0.304. The van der Waals surface area contributed by atoms with Crippen LogP contribution in [0.2, 0.25) is 0 Å². The lowest BCUT2D eigenvalue weighted by Gasteiger charge is -2.40. The third-order valence-electron chi connectivity index (χ3n) is 5.57. The minimum Gasteiger partial charge on any atom is -0.351 e. The number of piperidine rings is 1. The van der Waals surface area contributed by atoms with Gasteiger partial charge in [0.1, 0.15) is 0 Å². The van der Waals surface area contributed by atoms with Gasteiger partial charge >= 0.3 is 0 Å². The Labute approximate surface area is 174 Å². The van der Waals surface area contributed by atoms with Gasteiger partial charge in [-0.1, -0.05) is 49.0 Å². The Bertz CT molecular complexity index is 901. The number of likely N-dealkylation sites (tertiary alicyclic amines) is 1. The first-order chi connectivity index (χ1) is 14.0. The molecule has 1 unspecified atom stereocenters. The quantitative estimate of drug-likeness (QED) is 0.745. The molecule has 0 bridgehead atoms. The summed E-state index contributed by atoms with van der Waals surface area (Å²) in [7, 11) is -1.02. The minimum absolute atomic E-state index is 0.0300. The summed E-state index contributed by atoms with van der Waals surface area (Å²) in [5, 5.41) is 3.08. The van der Waals surface area contributed by atoms with Crippen LogP contribution in [0.4, 0.5) is 0 Å². The monoisotopic (exact) mass is 410 g/mol. The van der Waals surface area contributed by atoms with E-state index in [9.17, 15) is 13.8 Å². The molecule has 1 saturated heterocycles. The number of nitrogens with one attached hydrogen (secondary N) is 1. The molecule has 2 aromatic carbocycles. The molecule has 2 aromatic rings. The average Bonchev–Trinajstić information content (AvgIpc) is 2.77. The molecule has 5 nitrogen and oxygen atoms in total. The Morgan fingerprint density at radius 3 is 2.28 bits per heavy atom. The molecule has 0 spiro atoms. The molecule has 152 valence electrons. The summed E-state index contributed by atoms with van der Waals surface area (Å²) in [5.74, 6) is -0.127. The van der Waals surface area contributed by atoms with Gasteiger partial charge in [0, 0.05) is 41.6 Å². The van der Waals surface area contributed by atoms with Crippen molar-refractivity contribution in [2.24, 2.45) is 0 Å². The van der Waals surface area contributed by atoms with E-state index in [1.807, 2.05) is 54.6 Å². The maximum absolute atomic E-state index is 13.3. The molecule has 1 aliphatic heterocycles. The lowest BCUT2D eigenvalue weighted by atomic mass is 9.72. The van der Waals surface area contributed by atoms with Gasteiger partial charge in [-0.15, -0.1) is 0 Å². The van der Waals surface area contributed by atoms with E-state index in [0.717, 1.165) is 16.0 Å². The molecule has 1 aliphatic rings. The van der Waals surface area contributed by atoms with Crippen molar-refractivity contribution in [3.8, 4) is 0 Å². The molecule has 1 heterocycles. The van der Waals surface area contributed by atoms with Crippen molar-refractivity contribution < 1.29 is 13.8 Å². The molecule has 0 saturated carbocycles. The first kappa shape index (κ1) is 21.0. The molecular formula is C23H26N2O3S. The second-order valence-corrected chi connectivity index (χ2v) is 8.64. The highest BCUT2D eigenvalue weighted by molar-refractivity contribution is 7.84. The number of hydrogen-bond donors (Lipinski definition) is 1. The van der Waals surface area contributed by atoms with Crippen LogP contribution in [-0.4, -0.2) is 40.3 Å². The van der Waals surface area contributed by atoms with Crippen molar-refractivity contribution >= 4 is 22.6 Å². The first-order valence-electron chi connectivity index (χ1n) is 9.64. The van der Waals surface area contributed by atoms with Crippen molar-refractivity contribution in [1.29, 1.82) is 0 Å². The predicted octanol–water partition coefficient (Wildman–Crippen LogP) is 2.79. The van der Waals surface area contributed by atoms with Crippen LogP contribution in [0, 0.1) is 0 Å². The van der Waals surface area contributed by atoms with Crippen molar-refractivity contribution in [1.82, 2.24) is 10.2 Å². The van der Waals surface area contributed by atoms with Gasteiger partial charge in [-0.3, -0.25) is 13.8 Å². The molecule has 1 atom stereocenters. The van der Waals surface area contributed by atoms with E-state index in [-0.39, 0.29) is 11.8 Å². The van der Waals surface area contributed by atoms with Gasteiger partial charge in [-0.25, -0.2) is 0 Å². The summed E-state index contributed by atoms with van der Waals surface area (Å²) in [6.45, 7) is 4.99.